The van der Waals surface area contributed by atoms with Gasteiger partial charge in [-0.25, -0.2) is 21.6 Å². The maximum Gasteiger partial charge on any atom is 0.329 e. The van der Waals surface area contributed by atoms with E-state index in [0.717, 1.165) is 0 Å². The minimum absolute atomic E-state index is 0.135. The fourth-order valence-corrected chi connectivity index (χ4v) is 3.56. The van der Waals surface area contributed by atoms with Crippen LogP contribution in [0.4, 0.5) is 0 Å². The molecule has 1 unspecified atom stereocenters. The van der Waals surface area contributed by atoms with Gasteiger partial charge in [0.25, 0.3) is 0 Å². The van der Waals surface area contributed by atoms with Gasteiger partial charge in [0.1, 0.15) is 0 Å². The fourth-order valence-electron chi connectivity index (χ4n) is 2.22. The molecule has 0 fully saturated rings. The number of carbonyl (C=O) groups is 1. The van der Waals surface area contributed by atoms with Gasteiger partial charge >= 0.3 is 5.97 Å². The predicted molar refractivity (Wildman–Crippen MR) is 99.0 cm³/mol. The summed E-state index contributed by atoms with van der Waals surface area (Å²) in [4.78, 5) is 11.6. The summed E-state index contributed by atoms with van der Waals surface area (Å²) in [5.74, 6) is -1.21. The van der Waals surface area contributed by atoms with Crippen LogP contribution in [0.15, 0.2) is 65.6 Å². The van der Waals surface area contributed by atoms with E-state index in [1.165, 1.54) is 6.26 Å². The molecule has 0 spiro atoms. The normalized spacial score (nSPS) is 13.3. The van der Waals surface area contributed by atoms with E-state index in [4.69, 9.17) is 0 Å². The molecule has 1 atom stereocenters. The van der Waals surface area contributed by atoms with E-state index in [9.17, 15) is 26.7 Å². The molecule has 0 aromatic heterocycles. The van der Waals surface area contributed by atoms with Crippen LogP contribution in [0.5, 0.6) is 0 Å². The summed E-state index contributed by atoms with van der Waals surface area (Å²) in [5.41, 5.74) is -1.15. The average Bonchev–Trinajstić information content (AvgIpc) is 2.60. The Labute approximate surface area is 154 Å². The third-order valence-electron chi connectivity index (χ3n) is 3.62. The second-order valence-electron chi connectivity index (χ2n) is 5.38. The van der Waals surface area contributed by atoms with Gasteiger partial charge in [0, 0.05) is 6.26 Å². The molecule has 0 amide bonds. The molecule has 0 saturated heterocycles. The van der Waals surface area contributed by atoms with Gasteiger partial charge in [0.05, 0.1) is 4.90 Å². The Bertz CT molecular complexity index is 887. The highest BCUT2D eigenvalue weighted by Crippen LogP contribution is 2.25. The summed E-state index contributed by atoms with van der Waals surface area (Å²) >= 11 is 0. The van der Waals surface area contributed by atoms with Crippen molar-refractivity contribution in [2.75, 3.05) is 6.26 Å². The van der Waals surface area contributed by atoms with Crippen LogP contribution < -0.4 is 4.72 Å². The summed E-state index contributed by atoms with van der Waals surface area (Å²) in [6.45, 7) is 1.62. The first-order chi connectivity index (χ1) is 12.1. The fraction of sp³-hybridized carbons (Fsp3) is 0.235. The summed E-state index contributed by atoms with van der Waals surface area (Å²) < 4.78 is 45.2. The maximum atomic E-state index is 11.3. The van der Waals surface area contributed by atoms with E-state index < -0.39 is 32.2 Å². The van der Waals surface area contributed by atoms with E-state index in [0.29, 0.717) is 10.5 Å². The zero-order chi connectivity index (χ0) is 19.8. The first-order valence-corrected chi connectivity index (χ1v) is 10.7. The minimum atomic E-state index is -3.00. The number of hydrogen-bond acceptors (Lipinski definition) is 5. The number of benzene rings is 2. The van der Waals surface area contributed by atoms with Crippen molar-refractivity contribution in [3.63, 3.8) is 0 Å². The van der Waals surface area contributed by atoms with Crippen LogP contribution in [-0.4, -0.2) is 34.2 Å². The van der Waals surface area contributed by atoms with Gasteiger partial charge in [-0.2, -0.15) is 4.72 Å². The molecular formula is C17H21NO6S2. The molecule has 7 nitrogen and oxygen atoms in total. The molecule has 9 heteroatoms. The number of nitrogens with one attached hydrogen (secondary N) is 1. The molecule has 142 valence electrons. The second-order valence-corrected chi connectivity index (χ2v) is 8.14. The number of carboxylic acid groups (broad SMARTS) is 1. The monoisotopic (exact) mass is 399 g/mol. The molecule has 0 saturated carbocycles. The van der Waals surface area contributed by atoms with Crippen LogP contribution in [0, 0.1) is 0 Å². The lowest BCUT2D eigenvalue weighted by atomic mass is 9.88. The zero-order valence-electron chi connectivity index (χ0n) is 14.3. The quantitative estimate of drug-likeness (QED) is 0.635. The predicted octanol–water partition coefficient (Wildman–Crippen LogP) is 1.58. The maximum absolute atomic E-state index is 11.3. The molecule has 0 heterocycles. The van der Waals surface area contributed by atoms with Crippen LogP contribution in [-0.2, 0) is 31.1 Å². The Balaban J connectivity index is 0.000000289. The van der Waals surface area contributed by atoms with Gasteiger partial charge in [-0.05, 0) is 24.1 Å². The van der Waals surface area contributed by atoms with Crippen molar-refractivity contribution in [3.05, 3.63) is 66.2 Å². The third kappa shape index (κ3) is 5.94. The number of thiol groups is 1. The Kier molecular flexibility index (Phi) is 7.94. The van der Waals surface area contributed by atoms with E-state index in [-0.39, 0.29) is 6.42 Å². The Morgan fingerprint density at radius 1 is 1.04 bits per heavy atom. The highest BCUT2D eigenvalue weighted by Gasteiger charge is 2.39. The summed E-state index contributed by atoms with van der Waals surface area (Å²) in [6.07, 6.45) is 1.33. The molecule has 2 aromatic carbocycles. The van der Waals surface area contributed by atoms with Crippen molar-refractivity contribution in [1.82, 2.24) is 4.72 Å². The topological polar surface area (TPSA) is 118 Å². The van der Waals surface area contributed by atoms with E-state index in [2.05, 4.69) is 4.72 Å². The van der Waals surface area contributed by atoms with E-state index >= 15 is 0 Å². The van der Waals surface area contributed by atoms with Crippen LogP contribution in [0.25, 0.3) is 0 Å². The Hall–Kier alpha value is -2.23. The second kappa shape index (κ2) is 9.46. The largest absolute Gasteiger partial charge is 0.480 e. The van der Waals surface area contributed by atoms with Gasteiger partial charge in [-0.15, -0.1) is 0 Å². The van der Waals surface area contributed by atoms with E-state index in [1.807, 2.05) is 0 Å². The molecule has 0 aliphatic rings. The lowest BCUT2D eigenvalue weighted by molar-refractivity contribution is -0.144. The summed E-state index contributed by atoms with van der Waals surface area (Å²) in [7, 11) is -5.98. The summed E-state index contributed by atoms with van der Waals surface area (Å²) in [5, 5.41) is 9.20. The van der Waals surface area contributed by atoms with Gasteiger partial charge in [0.15, 0.2) is 15.4 Å². The lowest BCUT2D eigenvalue weighted by Gasteiger charge is -2.26. The van der Waals surface area contributed by atoms with Gasteiger partial charge in [-0.1, -0.05) is 55.5 Å². The van der Waals surface area contributed by atoms with Gasteiger partial charge in [0.2, 0.25) is 10.9 Å². The first kappa shape index (κ1) is 21.8. The molecular weight excluding hydrogens is 378 g/mol. The van der Waals surface area contributed by atoms with Crippen molar-refractivity contribution in [3.8, 4) is 0 Å². The number of aliphatic carboxylic acids is 1. The van der Waals surface area contributed by atoms with Gasteiger partial charge in [-0.3, -0.25) is 0 Å². The molecule has 2 N–H and O–H groups in total. The smallest absolute Gasteiger partial charge is 0.329 e. The highest BCUT2D eigenvalue weighted by atomic mass is 32.2. The van der Waals surface area contributed by atoms with Crippen LogP contribution in [0.3, 0.4) is 0 Å². The standard InChI is InChI=1S/C10H13NO4S.C7H8O2S/c1-2-10(9(12)13,11-16(14)15)8-6-4-3-5-7-8;1-10(8,9)7-5-3-2-4-6-7/h3-7,16H,2H2,1H3,(H,12,13)(H,11,14,15);2-6H,1H3. The molecule has 0 aliphatic heterocycles. The summed E-state index contributed by atoms with van der Waals surface area (Å²) in [6, 6.07) is 16.6. The Morgan fingerprint density at radius 3 is 1.81 bits per heavy atom. The van der Waals surface area contributed by atoms with Gasteiger partial charge < -0.3 is 5.11 Å². The van der Waals surface area contributed by atoms with Crippen molar-refractivity contribution >= 4 is 26.7 Å². The SMILES string of the molecule is CCC(N[SH](=O)=O)(C(=O)O)c1ccccc1.CS(=O)(=O)c1ccccc1. The third-order valence-corrected chi connectivity index (χ3v) is 5.31. The lowest BCUT2D eigenvalue weighted by Crippen LogP contribution is -2.48. The highest BCUT2D eigenvalue weighted by molar-refractivity contribution is 7.90. The van der Waals surface area contributed by atoms with E-state index in [1.54, 1.807) is 67.6 Å². The zero-order valence-corrected chi connectivity index (χ0v) is 16.0. The van der Waals surface area contributed by atoms with Crippen LogP contribution in [0.2, 0.25) is 0 Å². The first-order valence-electron chi connectivity index (χ1n) is 7.59. The molecule has 2 aromatic rings. The van der Waals surface area contributed by atoms with Crippen LogP contribution in [0.1, 0.15) is 18.9 Å². The molecule has 0 bridgehead atoms. The van der Waals surface area contributed by atoms with Crippen molar-refractivity contribution < 1.29 is 26.7 Å². The molecule has 0 aliphatic carbocycles. The average molecular weight is 399 g/mol. The Morgan fingerprint density at radius 2 is 1.50 bits per heavy atom. The minimum Gasteiger partial charge on any atom is -0.480 e. The number of sulfone groups is 1. The molecule has 0 radical (unpaired) electrons. The number of hydrogen-bond donors (Lipinski definition) is 3. The van der Waals surface area contributed by atoms with Crippen molar-refractivity contribution in [2.24, 2.45) is 0 Å². The number of carboxylic acids is 1. The molecule has 26 heavy (non-hydrogen) atoms. The number of rotatable bonds is 6. The molecule has 2 rings (SSSR count). The van der Waals surface area contributed by atoms with Crippen LogP contribution >= 0.6 is 0 Å². The van der Waals surface area contributed by atoms with Crippen molar-refractivity contribution in [2.45, 2.75) is 23.8 Å². The van der Waals surface area contributed by atoms with Crippen molar-refractivity contribution in [1.29, 1.82) is 0 Å².